The lowest BCUT2D eigenvalue weighted by molar-refractivity contribution is 0.0536. The van der Waals surface area contributed by atoms with Crippen LogP contribution < -0.4 is 5.32 Å². The van der Waals surface area contributed by atoms with Crippen molar-refractivity contribution in [3.63, 3.8) is 0 Å². The van der Waals surface area contributed by atoms with Crippen molar-refractivity contribution in [3.05, 3.63) is 0 Å². The van der Waals surface area contributed by atoms with Gasteiger partial charge in [-0.15, -0.1) is 0 Å². The molecule has 1 unspecified atom stereocenters. The van der Waals surface area contributed by atoms with Gasteiger partial charge in [0.15, 0.2) is 5.96 Å². The minimum Gasteiger partial charge on any atom is -0.382 e. The smallest absolute Gasteiger partial charge is 0.193 e. The van der Waals surface area contributed by atoms with Crippen LogP contribution in [0, 0.1) is 5.92 Å². The molecule has 6 nitrogen and oxygen atoms in total. The molecule has 0 radical (unpaired) electrons. The number of likely N-dealkylation sites (tertiary alicyclic amines) is 2. The summed E-state index contributed by atoms with van der Waals surface area (Å²) in [5, 5.41) is 3.47. The molecule has 1 atom stereocenters. The highest BCUT2D eigenvalue weighted by Gasteiger charge is 2.24. The van der Waals surface area contributed by atoms with Crippen molar-refractivity contribution >= 4 is 5.96 Å². The molecule has 0 bridgehead atoms. The number of nitrogens with zero attached hydrogens (tertiary/aromatic N) is 3. The average Bonchev–Trinajstić information content (AvgIpc) is 3.16. The van der Waals surface area contributed by atoms with Gasteiger partial charge in [-0.05, 0) is 58.7 Å². The summed E-state index contributed by atoms with van der Waals surface area (Å²) in [6.07, 6.45) is 9.20. The maximum atomic E-state index is 5.71. The maximum Gasteiger partial charge on any atom is 0.193 e. The molecule has 2 rings (SSSR count). The number of hydrogen-bond donors (Lipinski definition) is 1. The maximum absolute atomic E-state index is 5.71. The van der Waals surface area contributed by atoms with E-state index in [-0.39, 0.29) is 0 Å². The van der Waals surface area contributed by atoms with E-state index in [4.69, 9.17) is 14.5 Å². The van der Waals surface area contributed by atoms with Gasteiger partial charge in [-0.2, -0.15) is 0 Å². The van der Waals surface area contributed by atoms with Crippen LogP contribution in [0.5, 0.6) is 0 Å². The summed E-state index contributed by atoms with van der Waals surface area (Å²) in [4.78, 5) is 9.92. The van der Waals surface area contributed by atoms with Crippen molar-refractivity contribution < 1.29 is 9.47 Å². The third kappa shape index (κ3) is 9.26. The molecule has 0 aromatic rings. The minimum atomic E-state index is 0.607. The molecule has 27 heavy (non-hydrogen) atoms. The summed E-state index contributed by atoms with van der Waals surface area (Å²) in [6.45, 7) is 12.3. The summed E-state index contributed by atoms with van der Waals surface area (Å²) in [5.74, 6) is 1.70. The Morgan fingerprint density at radius 1 is 1.07 bits per heavy atom. The van der Waals surface area contributed by atoms with E-state index in [9.17, 15) is 0 Å². The third-order valence-corrected chi connectivity index (χ3v) is 5.55. The fourth-order valence-corrected chi connectivity index (χ4v) is 3.97. The van der Waals surface area contributed by atoms with Crippen molar-refractivity contribution in [1.29, 1.82) is 0 Å². The van der Waals surface area contributed by atoms with E-state index in [1.54, 1.807) is 7.11 Å². The van der Waals surface area contributed by atoms with E-state index in [1.807, 2.05) is 0 Å². The second kappa shape index (κ2) is 14.2. The number of ether oxygens (including phenoxy) is 2. The standard InChI is InChI=1S/C21H42N4O2/c1-3-22-21(25-15-10-20(18-25)19-27-17-16-26-2)23-11-6-4-7-12-24-13-8-5-9-14-24/h20H,3-19H2,1-2H3,(H,22,23). The number of guanidine groups is 1. The quantitative estimate of drug-likeness (QED) is 0.319. The van der Waals surface area contributed by atoms with Crippen molar-refractivity contribution in [2.45, 2.75) is 51.9 Å². The summed E-state index contributed by atoms with van der Waals surface area (Å²) in [6, 6.07) is 0. The summed E-state index contributed by atoms with van der Waals surface area (Å²) in [5.41, 5.74) is 0. The molecule has 2 heterocycles. The number of hydrogen-bond acceptors (Lipinski definition) is 4. The van der Waals surface area contributed by atoms with Gasteiger partial charge in [-0.25, -0.2) is 0 Å². The van der Waals surface area contributed by atoms with Gasteiger partial charge < -0.3 is 24.6 Å². The molecule has 2 aliphatic rings. The molecule has 1 N–H and O–H groups in total. The van der Waals surface area contributed by atoms with E-state index in [2.05, 4.69) is 22.0 Å². The third-order valence-electron chi connectivity index (χ3n) is 5.55. The molecule has 0 aromatic heterocycles. The van der Waals surface area contributed by atoms with Crippen molar-refractivity contribution in [1.82, 2.24) is 15.1 Å². The highest BCUT2D eigenvalue weighted by Crippen LogP contribution is 2.17. The van der Waals surface area contributed by atoms with Gasteiger partial charge in [0.2, 0.25) is 0 Å². The fraction of sp³-hybridized carbons (Fsp3) is 0.952. The number of rotatable bonds is 12. The van der Waals surface area contributed by atoms with Crippen molar-refractivity contribution in [2.75, 3.05) is 72.7 Å². The van der Waals surface area contributed by atoms with Crippen LogP contribution in [0.2, 0.25) is 0 Å². The van der Waals surface area contributed by atoms with Gasteiger partial charge in [0.1, 0.15) is 0 Å². The molecule has 0 amide bonds. The van der Waals surface area contributed by atoms with Gasteiger partial charge in [0.25, 0.3) is 0 Å². The Labute approximate surface area is 166 Å². The molecule has 6 heteroatoms. The lowest BCUT2D eigenvalue weighted by Gasteiger charge is -2.26. The Hall–Kier alpha value is -0.850. The fourth-order valence-electron chi connectivity index (χ4n) is 3.97. The Morgan fingerprint density at radius 3 is 2.70 bits per heavy atom. The van der Waals surface area contributed by atoms with Crippen LogP contribution in [0.3, 0.4) is 0 Å². The largest absolute Gasteiger partial charge is 0.382 e. The molecule has 0 spiro atoms. The summed E-state index contributed by atoms with van der Waals surface area (Å²) >= 11 is 0. The summed E-state index contributed by atoms with van der Waals surface area (Å²) in [7, 11) is 1.72. The Balaban J connectivity index is 1.60. The van der Waals surface area contributed by atoms with Crippen LogP contribution in [-0.4, -0.2) is 88.5 Å². The van der Waals surface area contributed by atoms with Crippen LogP contribution in [-0.2, 0) is 9.47 Å². The first-order chi connectivity index (χ1) is 13.3. The molecule has 0 aliphatic carbocycles. The predicted octanol–water partition coefficient (Wildman–Crippen LogP) is 2.59. The highest BCUT2D eigenvalue weighted by molar-refractivity contribution is 5.80. The van der Waals surface area contributed by atoms with E-state index < -0.39 is 0 Å². The van der Waals surface area contributed by atoms with Crippen LogP contribution in [0.4, 0.5) is 0 Å². The molecule has 2 aliphatic heterocycles. The SMILES string of the molecule is CCNC(=NCCCCCN1CCCCC1)N1CCC(COCCOC)C1. The molecule has 158 valence electrons. The number of piperidine rings is 1. The molecular formula is C21H42N4O2. The monoisotopic (exact) mass is 382 g/mol. The number of unbranched alkanes of at least 4 members (excludes halogenated alkanes) is 2. The van der Waals surface area contributed by atoms with Crippen molar-refractivity contribution in [2.24, 2.45) is 10.9 Å². The first-order valence-electron chi connectivity index (χ1n) is 11.2. The van der Waals surface area contributed by atoms with Gasteiger partial charge in [0, 0.05) is 39.2 Å². The van der Waals surface area contributed by atoms with E-state index in [0.29, 0.717) is 19.1 Å². The number of methoxy groups -OCH3 is 1. The van der Waals surface area contributed by atoms with Gasteiger partial charge >= 0.3 is 0 Å². The second-order valence-electron chi connectivity index (χ2n) is 7.87. The van der Waals surface area contributed by atoms with E-state index in [0.717, 1.165) is 38.7 Å². The number of nitrogens with one attached hydrogen (secondary N) is 1. The lowest BCUT2D eigenvalue weighted by atomic mass is 10.1. The first kappa shape index (κ1) is 22.4. The molecule has 2 fully saturated rings. The van der Waals surface area contributed by atoms with E-state index in [1.165, 1.54) is 64.6 Å². The van der Waals surface area contributed by atoms with Gasteiger partial charge in [0.05, 0.1) is 19.8 Å². The average molecular weight is 383 g/mol. The predicted molar refractivity (Wildman–Crippen MR) is 112 cm³/mol. The second-order valence-corrected chi connectivity index (χ2v) is 7.87. The minimum absolute atomic E-state index is 0.607. The zero-order chi connectivity index (χ0) is 19.2. The van der Waals surface area contributed by atoms with Crippen LogP contribution in [0.25, 0.3) is 0 Å². The topological polar surface area (TPSA) is 49.3 Å². The van der Waals surface area contributed by atoms with Crippen LogP contribution in [0.15, 0.2) is 4.99 Å². The Morgan fingerprint density at radius 2 is 1.93 bits per heavy atom. The normalized spacial score (nSPS) is 21.8. The van der Waals surface area contributed by atoms with Gasteiger partial charge in [-0.3, -0.25) is 4.99 Å². The highest BCUT2D eigenvalue weighted by atomic mass is 16.5. The lowest BCUT2D eigenvalue weighted by Crippen LogP contribution is -2.40. The first-order valence-corrected chi connectivity index (χ1v) is 11.2. The molecule has 0 aromatic carbocycles. The van der Waals surface area contributed by atoms with Crippen LogP contribution in [0.1, 0.15) is 51.9 Å². The number of aliphatic imine (C=N–C) groups is 1. The molecule has 2 saturated heterocycles. The zero-order valence-electron chi connectivity index (χ0n) is 17.8. The Kier molecular flexibility index (Phi) is 11.8. The zero-order valence-corrected chi connectivity index (χ0v) is 17.8. The summed E-state index contributed by atoms with van der Waals surface area (Å²) < 4.78 is 10.7. The van der Waals surface area contributed by atoms with Crippen molar-refractivity contribution in [3.8, 4) is 0 Å². The molecular weight excluding hydrogens is 340 g/mol. The van der Waals surface area contributed by atoms with Gasteiger partial charge in [-0.1, -0.05) is 12.8 Å². The Bertz CT molecular complexity index is 400. The van der Waals surface area contributed by atoms with Crippen LogP contribution >= 0.6 is 0 Å². The molecule has 0 saturated carbocycles. The van der Waals surface area contributed by atoms with E-state index >= 15 is 0 Å².